The number of amides is 1. The summed E-state index contributed by atoms with van der Waals surface area (Å²) in [7, 11) is -4.82. The summed E-state index contributed by atoms with van der Waals surface area (Å²) >= 11 is 0. The number of hydrogen-bond donors (Lipinski definition) is 2. The van der Waals surface area contributed by atoms with Crippen LogP contribution in [0.1, 0.15) is 23.8 Å². The molecule has 2 heterocycles. The average Bonchev–Trinajstić information content (AvgIpc) is 3.07. The first kappa shape index (κ1) is 15.9. The lowest BCUT2D eigenvalue weighted by Crippen LogP contribution is -2.37. The third kappa shape index (κ3) is 4.51. The van der Waals surface area contributed by atoms with E-state index >= 15 is 0 Å². The predicted octanol–water partition coefficient (Wildman–Crippen LogP) is 0.597. The zero-order chi connectivity index (χ0) is 15.5. The van der Waals surface area contributed by atoms with Gasteiger partial charge in [0.15, 0.2) is 0 Å². The van der Waals surface area contributed by atoms with Crippen molar-refractivity contribution >= 4 is 16.1 Å². The molecule has 118 valence electrons. The van der Waals surface area contributed by atoms with Crippen molar-refractivity contribution in [1.29, 1.82) is 0 Å². The van der Waals surface area contributed by atoms with Gasteiger partial charge >= 0.3 is 10.2 Å². The highest BCUT2D eigenvalue weighted by Crippen LogP contribution is 2.13. The number of rotatable bonds is 6. The Morgan fingerprint density at radius 3 is 3.00 bits per heavy atom. The van der Waals surface area contributed by atoms with Crippen LogP contribution in [0.2, 0.25) is 0 Å². The third-order valence-corrected chi connectivity index (χ3v) is 3.83. The van der Waals surface area contributed by atoms with E-state index in [1.807, 2.05) is 0 Å². The van der Waals surface area contributed by atoms with Gasteiger partial charge in [0.1, 0.15) is 10.6 Å². The monoisotopic (exact) mass is 320 g/mol. The Bertz CT molecular complexity index is 595. The summed E-state index contributed by atoms with van der Waals surface area (Å²) in [5, 5.41) is 2.63. The fourth-order valence-electron chi connectivity index (χ4n) is 1.91. The molecule has 21 heavy (non-hydrogen) atoms. The molecule has 0 spiro atoms. The maximum Gasteiger partial charge on any atom is 0.333 e. The van der Waals surface area contributed by atoms with Crippen LogP contribution in [0.25, 0.3) is 0 Å². The van der Waals surface area contributed by atoms with E-state index in [-0.39, 0.29) is 17.8 Å². The molecule has 2 rings (SSSR count). The number of H-pyrrole nitrogens is 1. The molecule has 0 bridgehead atoms. The lowest BCUT2D eigenvalue weighted by atomic mass is 10.3. The fraction of sp³-hybridized carbons (Fsp3) is 0.583. The van der Waals surface area contributed by atoms with Crippen molar-refractivity contribution in [2.45, 2.75) is 30.4 Å². The second kappa shape index (κ2) is 6.54. The molecule has 2 N–H and O–H groups in total. The fourth-order valence-corrected chi connectivity index (χ4v) is 2.37. The second-order valence-corrected chi connectivity index (χ2v) is 6.23. The second-order valence-electron chi connectivity index (χ2n) is 4.88. The van der Waals surface area contributed by atoms with Gasteiger partial charge in [-0.15, -0.1) is 3.89 Å². The van der Waals surface area contributed by atoms with Crippen LogP contribution in [-0.2, 0) is 19.7 Å². The summed E-state index contributed by atoms with van der Waals surface area (Å²) in [5.74, 6) is -0.524. The van der Waals surface area contributed by atoms with Crippen LogP contribution in [0.3, 0.4) is 0 Å². The molecule has 1 aliphatic heterocycles. The molecular weight excluding hydrogens is 303 g/mol. The summed E-state index contributed by atoms with van der Waals surface area (Å²) in [6, 6.07) is 0.676. The highest BCUT2D eigenvalue weighted by atomic mass is 32.3. The first-order chi connectivity index (χ1) is 9.86. The molecule has 0 aromatic carbocycles. The number of hydrogen-bond acceptors (Lipinski definition) is 5. The van der Waals surface area contributed by atoms with Crippen molar-refractivity contribution in [1.82, 2.24) is 10.3 Å². The molecule has 9 heteroatoms. The van der Waals surface area contributed by atoms with E-state index in [0.717, 1.165) is 18.7 Å². The van der Waals surface area contributed by atoms with E-state index in [4.69, 9.17) is 9.47 Å². The lowest BCUT2D eigenvalue weighted by Gasteiger charge is -2.16. The van der Waals surface area contributed by atoms with Crippen LogP contribution < -0.4 is 5.32 Å². The molecule has 1 amide bonds. The molecular formula is C12H17FN2O5S. The SMILES string of the molecule is CC(COC1CCOC1)NC(=O)c1cc(S(=O)(=O)F)c[nH]1. The van der Waals surface area contributed by atoms with Crippen LogP contribution in [0.5, 0.6) is 0 Å². The average molecular weight is 320 g/mol. The summed E-state index contributed by atoms with van der Waals surface area (Å²) < 4.78 is 44.8. The number of nitrogens with one attached hydrogen (secondary N) is 2. The number of carbonyl (C=O) groups is 1. The van der Waals surface area contributed by atoms with Crippen molar-refractivity contribution in [2.24, 2.45) is 0 Å². The lowest BCUT2D eigenvalue weighted by molar-refractivity contribution is 0.0318. The Morgan fingerprint density at radius 1 is 1.67 bits per heavy atom. The van der Waals surface area contributed by atoms with Gasteiger partial charge < -0.3 is 19.8 Å². The number of halogens is 1. The van der Waals surface area contributed by atoms with Gasteiger partial charge in [-0.25, -0.2) is 0 Å². The van der Waals surface area contributed by atoms with Crippen molar-refractivity contribution in [3.8, 4) is 0 Å². The molecule has 1 aromatic heterocycles. The van der Waals surface area contributed by atoms with Gasteiger partial charge in [0.05, 0.1) is 19.3 Å². The minimum absolute atomic E-state index is 0.0257. The molecule has 7 nitrogen and oxygen atoms in total. The van der Waals surface area contributed by atoms with Gasteiger partial charge in [-0.3, -0.25) is 4.79 Å². The van der Waals surface area contributed by atoms with Gasteiger partial charge in [-0.2, -0.15) is 8.42 Å². The maximum absolute atomic E-state index is 12.7. The molecule has 2 atom stereocenters. The molecule has 1 saturated heterocycles. The molecule has 1 fully saturated rings. The Kier molecular flexibility index (Phi) is 4.96. The summed E-state index contributed by atoms with van der Waals surface area (Å²) in [5.41, 5.74) is -0.0257. The van der Waals surface area contributed by atoms with Crippen LogP contribution >= 0.6 is 0 Å². The molecule has 0 saturated carbocycles. The van der Waals surface area contributed by atoms with Crippen LogP contribution in [-0.4, -0.2) is 51.3 Å². The molecule has 1 aromatic rings. The van der Waals surface area contributed by atoms with Crippen LogP contribution in [0.15, 0.2) is 17.2 Å². The normalized spacial score (nSPS) is 20.4. The summed E-state index contributed by atoms with van der Waals surface area (Å²) in [6.07, 6.45) is 1.80. The summed E-state index contributed by atoms with van der Waals surface area (Å²) in [4.78, 5) is 13.7. The topological polar surface area (TPSA) is 97.5 Å². The Morgan fingerprint density at radius 2 is 2.43 bits per heavy atom. The standard InChI is InChI=1S/C12H17FN2O5S/c1-8(6-20-9-2-3-19-7-9)15-12(16)11-4-10(5-14-11)21(13,17)18/h4-5,8-9,14H,2-3,6-7H2,1H3,(H,15,16). The highest BCUT2D eigenvalue weighted by molar-refractivity contribution is 7.86. The van der Waals surface area contributed by atoms with E-state index in [0.29, 0.717) is 19.8 Å². The molecule has 2 unspecified atom stereocenters. The highest BCUT2D eigenvalue weighted by Gasteiger charge is 2.20. The van der Waals surface area contributed by atoms with Crippen LogP contribution in [0, 0.1) is 0 Å². The zero-order valence-corrected chi connectivity index (χ0v) is 12.3. The quantitative estimate of drug-likeness (QED) is 0.748. The van der Waals surface area contributed by atoms with E-state index in [1.165, 1.54) is 0 Å². The van der Waals surface area contributed by atoms with Gasteiger partial charge in [0, 0.05) is 18.8 Å². The molecule has 0 radical (unpaired) electrons. The first-order valence-corrected chi connectivity index (χ1v) is 7.88. The number of carbonyl (C=O) groups excluding carboxylic acids is 1. The van der Waals surface area contributed by atoms with Gasteiger partial charge in [0.2, 0.25) is 0 Å². The van der Waals surface area contributed by atoms with Crippen molar-refractivity contribution in [3.63, 3.8) is 0 Å². The van der Waals surface area contributed by atoms with E-state index in [9.17, 15) is 17.1 Å². The maximum atomic E-state index is 12.7. The van der Waals surface area contributed by atoms with E-state index in [1.54, 1.807) is 6.92 Å². The van der Waals surface area contributed by atoms with E-state index in [2.05, 4.69) is 10.3 Å². The number of aromatic nitrogens is 1. The first-order valence-electron chi connectivity index (χ1n) is 6.49. The van der Waals surface area contributed by atoms with Crippen molar-refractivity contribution in [3.05, 3.63) is 18.0 Å². The number of ether oxygens (including phenoxy) is 2. The molecule has 1 aliphatic rings. The largest absolute Gasteiger partial charge is 0.379 e. The van der Waals surface area contributed by atoms with Crippen LogP contribution in [0.4, 0.5) is 3.89 Å². The Hall–Kier alpha value is -1.45. The Labute approximate surface area is 122 Å². The van der Waals surface area contributed by atoms with Gasteiger partial charge in [0.25, 0.3) is 5.91 Å². The van der Waals surface area contributed by atoms with Crippen molar-refractivity contribution < 1.29 is 26.6 Å². The Balaban J connectivity index is 1.84. The van der Waals surface area contributed by atoms with Crippen molar-refractivity contribution in [2.75, 3.05) is 19.8 Å². The van der Waals surface area contributed by atoms with Gasteiger partial charge in [-0.05, 0) is 19.4 Å². The third-order valence-electron chi connectivity index (χ3n) is 3.03. The predicted molar refractivity (Wildman–Crippen MR) is 71.2 cm³/mol. The minimum Gasteiger partial charge on any atom is -0.379 e. The van der Waals surface area contributed by atoms with Gasteiger partial charge in [-0.1, -0.05) is 0 Å². The van der Waals surface area contributed by atoms with E-state index < -0.39 is 21.0 Å². The number of aromatic amines is 1. The smallest absolute Gasteiger partial charge is 0.333 e. The minimum atomic E-state index is -4.82. The molecule has 0 aliphatic carbocycles. The zero-order valence-electron chi connectivity index (χ0n) is 11.5. The summed E-state index contributed by atoms with van der Waals surface area (Å²) in [6.45, 7) is 3.29.